The molecule has 2 fully saturated rings. The predicted molar refractivity (Wildman–Crippen MR) is 79.1 cm³/mol. The first-order valence-electron chi connectivity index (χ1n) is 7.96. The SMILES string of the molecule is CN1CCCC(CN)(NC2CCCCC2CO)CC1. The van der Waals surface area contributed by atoms with Crippen LogP contribution in [0.3, 0.4) is 0 Å². The molecule has 1 aliphatic carbocycles. The van der Waals surface area contributed by atoms with Gasteiger partial charge >= 0.3 is 0 Å². The van der Waals surface area contributed by atoms with E-state index in [1.165, 1.54) is 38.6 Å². The van der Waals surface area contributed by atoms with Crippen LogP contribution < -0.4 is 11.1 Å². The molecule has 4 nitrogen and oxygen atoms in total. The molecule has 2 aliphatic rings. The van der Waals surface area contributed by atoms with Gasteiger partial charge in [-0.25, -0.2) is 0 Å². The van der Waals surface area contributed by atoms with E-state index in [1.807, 2.05) is 0 Å². The molecule has 0 aromatic heterocycles. The lowest BCUT2D eigenvalue weighted by Gasteiger charge is -2.41. The minimum Gasteiger partial charge on any atom is -0.396 e. The van der Waals surface area contributed by atoms with Gasteiger partial charge in [0.1, 0.15) is 0 Å². The summed E-state index contributed by atoms with van der Waals surface area (Å²) in [4.78, 5) is 2.41. The summed E-state index contributed by atoms with van der Waals surface area (Å²) in [6, 6.07) is 0.464. The summed E-state index contributed by atoms with van der Waals surface area (Å²) in [6.07, 6.45) is 8.43. The Hall–Kier alpha value is -0.160. The van der Waals surface area contributed by atoms with Gasteiger partial charge in [0.05, 0.1) is 0 Å². The molecule has 1 saturated carbocycles. The molecule has 0 aromatic rings. The first-order chi connectivity index (χ1) is 9.19. The zero-order valence-corrected chi connectivity index (χ0v) is 12.4. The summed E-state index contributed by atoms with van der Waals surface area (Å²) in [5.74, 6) is 0.429. The van der Waals surface area contributed by atoms with E-state index in [0.717, 1.165) is 25.9 Å². The first-order valence-corrected chi connectivity index (χ1v) is 7.96. The Balaban J connectivity index is 1.99. The van der Waals surface area contributed by atoms with Crippen molar-refractivity contribution < 1.29 is 5.11 Å². The number of aliphatic hydroxyl groups is 1. The van der Waals surface area contributed by atoms with E-state index in [-0.39, 0.29) is 5.54 Å². The molecule has 0 aromatic carbocycles. The second-order valence-electron chi connectivity index (χ2n) is 6.62. The number of nitrogens with two attached hydrogens (primary N) is 1. The molecular weight excluding hydrogens is 238 g/mol. The molecule has 0 amide bonds. The Morgan fingerprint density at radius 1 is 1.21 bits per heavy atom. The number of hydrogen-bond acceptors (Lipinski definition) is 4. The van der Waals surface area contributed by atoms with E-state index in [0.29, 0.717) is 18.6 Å². The summed E-state index contributed by atoms with van der Waals surface area (Å²) >= 11 is 0. The molecule has 3 atom stereocenters. The highest BCUT2D eigenvalue weighted by Gasteiger charge is 2.35. The highest BCUT2D eigenvalue weighted by atomic mass is 16.3. The zero-order chi connectivity index (χ0) is 13.7. The van der Waals surface area contributed by atoms with Crippen molar-refractivity contribution in [2.24, 2.45) is 11.7 Å². The molecule has 0 spiro atoms. The number of aliphatic hydroxyl groups excluding tert-OH is 1. The third-order valence-electron chi connectivity index (χ3n) is 5.19. The fourth-order valence-corrected chi connectivity index (χ4v) is 3.75. The van der Waals surface area contributed by atoms with E-state index in [9.17, 15) is 5.11 Å². The van der Waals surface area contributed by atoms with Crippen molar-refractivity contribution in [1.82, 2.24) is 10.2 Å². The Morgan fingerprint density at radius 2 is 2.00 bits per heavy atom. The van der Waals surface area contributed by atoms with Gasteiger partial charge in [0.2, 0.25) is 0 Å². The molecule has 4 heteroatoms. The maximum atomic E-state index is 9.57. The van der Waals surface area contributed by atoms with Crippen LogP contribution in [-0.4, -0.2) is 54.9 Å². The van der Waals surface area contributed by atoms with E-state index < -0.39 is 0 Å². The average molecular weight is 269 g/mol. The summed E-state index contributed by atoms with van der Waals surface area (Å²) < 4.78 is 0. The normalized spacial score (nSPS) is 38.1. The molecular formula is C15H31N3O. The van der Waals surface area contributed by atoms with Crippen molar-refractivity contribution in [2.45, 2.75) is 56.5 Å². The van der Waals surface area contributed by atoms with Gasteiger partial charge in [-0.1, -0.05) is 12.8 Å². The highest BCUT2D eigenvalue weighted by molar-refractivity contribution is 4.96. The number of rotatable bonds is 4. The van der Waals surface area contributed by atoms with Gasteiger partial charge < -0.3 is 21.1 Å². The van der Waals surface area contributed by atoms with Crippen LogP contribution in [0.1, 0.15) is 44.9 Å². The van der Waals surface area contributed by atoms with Gasteiger partial charge in [-0.15, -0.1) is 0 Å². The molecule has 2 rings (SSSR count). The molecule has 0 bridgehead atoms. The van der Waals surface area contributed by atoms with E-state index in [1.54, 1.807) is 0 Å². The van der Waals surface area contributed by atoms with Gasteiger partial charge in [0.25, 0.3) is 0 Å². The van der Waals surface area contributed by atoms with Crippen LogP contribution in [0, 0.1) is 5.92 Å². The molecule has 19 heavy (non-hydrogen) atoms. The molecule has 112 valence electrons. The molecule has 0 radical (unpaired) electrons. The molecule has 1 aliphatic heterocycles. The zero-order valence-electron chi connectivity index (χ0n) is 12.4. The Morgan fingerprint density at radius 3 is 2.74 bits per heavy atom. The van der Waals surface area contributed by atoms with Crippen molar-refractivity contribution in [3.05, 3.63) is 0 Å². The predicted octanol–water partition coefficient (Wildman–Crippen LogP) is 0.940. The van der Waals surface area contributed by atoms with Gasteiger partial charge in [0, 0.05) is 24.7 Å². The maximum Gasteiger partial charge on any atom is 0.0474 e. The minimum absolute atomic E-state index is 0.0974. The third kappa shape index (κ3) is 3.91. The summed E-state index contributed by atoms with van der Waals surface area (Å²) in [7, 11) is 2.20. The van der Waals surface area contributed by atoms with Crippen LogP contribution in [-0.2, 0) is 0 Å². The number of nitrogens with zero attached hydrogens (tertiary/aromatic N) is 1. The average Bonchev–Trinajstić information content (AvgIpc) is 2.62. The monoisotopic (exact) mass is 269 g/mol. The summed E-state index contributed by atoms with van der Waals surface area (Å²) in [5, 5.41) is 13.4. The summed E-state index contributed by atoms with van der Waals surface area (Å²) in [5.41, 5.74) is 6.21. The lowest BCUT2D eigenvalue weighted by molar-refractivity contribution is 0.122. The van der Waals surface area contributed by atoms with Gasteiger partial charge in [-0.05, 0) is 58.2 Å². The van der Waals surface area contributed by atoms with Gasteiger partial charge in [0.15, 0.2) is 0 Å². The number of hydrogen-bond donors (Lipinski definition) is 3. The van der Waals surface area contributed by atoms with Crippen molar-refractivity contribution >= 4 is 0 Å². The van der Waals surface area contributed by atoms with Crippen molar-refractivity contribution in [3.8, 4) is 0 Å². The lowest BCUT2D eigenvalue weighted by atomic mass is 9.81. The van der Waals surface area contributed by atoms with Gasteiger partial charge in [-0.2, -0.15) is 0 Å². The second kappa shape index (κ2) is 7.02. The fraction of sp³-hybridized carbons (Fsp3) is 1.00. The van der Waals surface area contributed by atoms with Gasteiger partial charge in [-0.3, -0.25) is 0 Å². The topological polar surface area (TPSA) is 61.5 Å². The Labute approximate surface area is 117 Å². The molecule has 1 saturated heterocycles. The van der Waals surface area contributed by atoms with Crippen LogP contribution in [0.15, 0.2) is 0 Å². The Kier molecular flexibility index (Phi) is 5.63. The van der Waals surface area contributed by atoms with Crippen LogP contribution in [0.2, 0.25) is 0 Å². The molecule has 4 N–H and O–H groups in total. The lowest BCUT2D eigenvalue weighted by Crippen LogP contribution is -2.58. The largest absolute Gasteiger partial charge is 0.396 e. The molecule has 1 heterocycles. The summed E-state index contributed by atoms with van der Waals surface area (Å²) in [6.45, 7) is 3.34. The van der Waals surface area contributed by atoms with Crippen molar-refractivity contribution in [2.75, 3.05) is 33.3 Å². The Bertz CT molecular complexity index is 274. The standard InChI is InChI=1S/C15H31N3O/c1-18-9-4-7-15(12-16,8-10-18)17-14-6-3-2-5-13(14)11-19/h13-14,17,19H,2-12,16H2,1H3. The van der Waals surface area contributed by atoms with Crippen molar-refractivity contribution in [3.63, 3.8) is 0 Å². The first kappa shape index (κ1) is 15.2. The van der Waals surface area contributed by atoms with Crippen LogP contribution in [0.5, 0.6) is 0 Å². The van der Waals surface area contributed by atoms with Crippen LogP contribution in [0.25, 0.3) is 0 Å². The highest BCUT2D eigenvalue weighted by Crippen LogP contribution is 2.29. The van der Waals surface area contributed by atoms with Crippen LogP contribution in [0.4, 0.5) is 0 Å². The quantitative estimate of drug-likeness (QED) is 0.711. The third-order valence-corrected chi connectivity index (χ3v) is 5.19. The van der Waals surface area contributed by atoms with E-state index >= 15 is 0 Å². The van der Waals surface area contributed by atoms with E-state index in [4.69, 9.17) is 5.73 Å². The van der Waals surface area contributed by atoms with Crippen LogP contribution >= 0.6 is 0 Å². The van der Waals surface area contributed by atoms with Crippen molar-refractivity contribution in [1.29, 1.82) is 0 Å². The second-order valence-corrected chi connectivity index (χ2v) is 6.62. The fourth-order valence-electron chi connectivity index (χ4n) is 3.75. The number of nitrogens with one attached hydrogen (secondary N) is 1. The smallest absolute Gasteiger partial charge is 0.0474 e. The molecule has 3 unspecified atom stereocenters. The van der Waals surface area contributed by atoms with E-state index in [2.05, 4.69) is 17.3 Å². The maximum absolute atomic E-state index is 9.57. The number of likely N-dealkylation sites (tertiary alicyclic amines) is 1. The minimum atomic E-state index is 0.0974.